The molecule has 0 saturated carbocycles. The van der Waals surface area contributed by atoms with Crippen LogP contribution in [0.1, 0.15) is 13.8 Å². The molecule has 0 saturated heterocycles. The van der Waals surface area contributed by atoms with Crippen LogP contribution in [0.3, 0.4) is 0 Å². The predicted molar refractivity (Wildman–Crippen MR) is 31.5 cm³/mol. The third-order valence-corrected chi connectivity index (χ3v) is 1.66. The highest BCUT2D eigenvalue weighted by Gasteiger charge is 2.38. The Morgan fingerprint density at radius 3 is 1.80 bits per heavy atom. The van der Waals surface area contributed by atoms with Gasteiger partial charge in [-0.1, -0.05) is 13.8 Å². The van der Waals surface area contributed by atoms with Gasteiger partial charge in [-0.15, -0.1) is 0 Å². The first-order valence-corrected chi connectivity index (χ1v) is 3.07. The van der Waals surface area contributed by atoms with Crippen molar-refractivity contribution < 1.29 is 18.3 Å². The Morgan fingerprint density at radius 1 is 1.30 bits per heavy atom. The fourth-order valence-corrected chi connectivity index (χ4v) is 0.481. The van der Waals surface area contributed by atoms with E-state index in [2.05, 4.69) is 0 Å². The van der Waals surface area contributed by atoms with E-state index in [9.17, 15) is 13.2 Å². The monoisotopic (exact) mass is 156 g/mol. The number of halogens is 3. The molecule has 0 heterocycles. The molecule has 10 heavy (non-hydrogen) atoms. The molecule has 2 atom stereocenters. The fraction of sp³-hybridized carbons (Fsp3) is 1.00. The normalized spacial score (nSPS) is 18.6. The lowest BCUT2D eigenvalue weighted by Crippen LogP contribution is -2.27. The van der Waals surface area contributed by atoms with Crippen molar-refractivity contribution >= 4 is 0 Å². The second-order valence-electron chi connectivity index (χ2n) is 2.49. The third kappa shape index (κ3) is 2.56. The summed E-state index contributed by atoms with van der Waals surface area (Å²) < 4.78 is 35.3. The van der Waals surface area contributed by atoms with Gasteiger partial charge in [0.25, 0.3) is 0 Å². The smallest absolute Gasteiger partial charge is 0.391 e. The van der Waals surface area contributed by atoms with E-state index in [-0.39, 0.29) is 0 Å². The van der Waals surface area contributed by atoms with Crippen LogP contribution in [0.4, 0.5) is 13.2 Å². The Hall–Kier alpha value is -0.250. The van der Waals surface area contributed by atoms with Crippen molar-refractivity contribution in [3.05, 3.63) is 0 Å². The van der Waals surface area contributed by atoms with Crippen LogP contribution in [0.15, 0.2) is 0 Å². The average molecular weight is 156 g/mol. The summed E-state index contributed by atoms with van der Waals surface area (Å²) in [5.74, 6) is -2.13. The first-order chi connectivity index (χ1) is 4.39. The molecule has 62 valence electrons. The topological polar surface area (TPSA) is 20.2 Å². The second-order valence-corrected chi connectivity index (χ2v) is 2.49. The van der Waals surface area contributed by atoms with Crippen LogP contribution in [0.5, 0.6) is 0 Å². The zero-order valence-electron chi connectivity index (χ0n) is 5.94. The SMILES string of the molecule is C[C@H](CO)[C@@H](C)C(F)(F)F. The van der Waals surface area contributed by atoms with E-state index in [1.807, 2.05) is 0 Å². The van der Waals surface area contributed by atoms with Crippen molar-refractivity contribution in [3.63, 3.8) is 0 Å². The van der Waals surface area contributed by atoms with Gasteiger partial charge in [0.15, 0.2) is 0 Å². The second kappa shape index (κ2) is 3.23. The molecular formula is C6H11F3O. The lowest BCUT2D eigenvalue weighted by Gasteiger charge is -2.20. The largest absolute Gasteiger partial charge is 0.396 e. The Bertz CT molecular complexity index is 99.7. The van der Waals surface area contributed by atoms with Gasteiger partial charge in [-0.3, -0.25) is 0 Å². The fourth-order valence-electron chi connectivity index (χ4n) is 0.481. The van der Waals surface area contributed by atoms with Gasteiger partial charge in [-0.25, -0.2) is 0 Å². The molecule has 0 aliphatic rings. The van der Waals surface area contributed by atoms with E-state index in [1.54, 1.807) is 0 Å². The van der Waals surface area contributed by atoms with Crippen molar-refractivity contribution in [1.29, 1.82) is 0 Å². The van der Waals surface area contributed by atoms with Crippen molar-refractivity contribution in [1.82, 2.24) is 0 Å². The Morgan fingerprint density at radius 2 is 1.70 bits per heavy atom. The first-order valence-electron chi connectivity index (χ1n) is 3.07. The quantitative estimate of drug-likeness (QED) is 0.646. The van der Waals surface area contributed by atoms with E-state index < -0.39 is 24.6 Å². The van der Waals surface area contributed by atoms with Crippen molar-refractivity contribution in [2.45, 2.75) is 20.0 Å². The molecule has 0 aliphatic carbocycles. The molecule has 0 radical (unpaired) electrons. The number of alkyl halides is 3. The molecule has 4 heteroatoms. The summed E-state index contributed by atoms with van der Waals surface area (Å²) in [6, 6.07) is 0. The number of aliphatic hydroxyl groups excluding tert-OH is 1. The number of rotatable bonds is 2. The van der Waals surface area contributed by atoms with Gasteiger partial charge < -0.3 is 5.11 Å². The lowest BCUT2D eigenvalue weighted by atomic mass is 9.97. The molecule has 0 aromatic rings. The summed E-state index contributed by atoms with van der Waals surface area (Å²) in [6.07, 6.45) is -4.18. The number of aliphatic hydroxyl groups is 1. The van der Waals surface area contributed by atoms with Gasteiger partial charge in [0.1, 0.15) is 0 Å². The van der Waals surface area contributed by atoms with Gasteiger partial charge in [0.2, 0.25) is 0 Å². The first kappa shape index (κ1) is 9.75. The van der Waals surface area contributed by atoms with Crippen LogP contribution in [0.25, 0.3) is 0 Å². The van der Waals surface area contributed by atoms with Crippen LogP contribution in [-0.4, -0.2) is 17.9 Å². The average Bonchev–Trinajstić information content (AvgIpc) is 1.83. The van der Waals surface area contributed by atoms with Crippen LogP contribution in [0, 0.1) is 11.8 Å². The predicted octanol–water partition coefficient (Wildman–Crippen LogP) is 1.81. The maximum absolute atomic E-state index is 11.8. The molecule has 0 bridgehead atoms. The van der Waals surface area contributed by atoms with E-state index in [4.69, 9.17) is 5.11 Å². The Balaban J connectivity index is 3.94. The Kier molecular flexibility index (Phi) is 3.15. The summed E-state index contributed by atoms with van der Waals surface area (Å²) in [5, 5.41) is 8.37. The lowest BCUT2D eigenvalue weighted by molar-refractivity contribution is -0.184. The van der Waals surface area contributed by atoms with Crippen molar-refractivity contribution in [2.24, 2.45) is 11.8 Å². The summed E-state index contributed by atoms with van der Waals surface area (Å²) >= 11 is 0. The highest BCUT2D eigenvalue weighted by Crippen LogP contribution is 2.30. The van der Waals surface area contributed by atoms with Crippen LogP contribution >= 0.6 is 0 Å². The maximum atomic E-state index is 11.8. The zero-order valence-corrected chi connectivity index (χ0v) is 5.94. The van der Waals surface area contributed by atoms with Gasteiger partial charge in [-0.2, -0.15) is 13.2 Å². The molecule has 1 nitrogen and oxygen atoms in total. The Labute approximate surface area is 57.9 Å². The summed E-state index contributed by atoms with van der Waals surface area (Å²) in [6.45, 7) is 2.03. The molecule has 0 rings (SSSR count). The minimum atomic E-state index is -4.18. The molecular weight excluding hydrogens is 145 g/mol. The molecule has 0 aromatic carbocycles. The van der Waals surface area contributed by atoms with Crippen molar-refractivity contribution in [3.8, 4) is 0 Å². The van der Waals surface area contributed by atoms with E-state index in [1.165, 1.54) is 6.92 Å². The zero-order chi connectivity index (χ0) is 8.36. The van der Waals surface area contributed by atoms with Crippen LogP contribution < -0.4 is 0 Å². The third-order valence-electron chi connectivity index (χ3n) is 1.66. The maximum Gasteiger partial charge on any atom is 0.391 e. The molecule has 0 aromatic heterocycles. The number of hydrogen-bond donors (Lipinski definition) is 1. The van der Waals surface area contributed by atoms with Gasteiger partial charge in [-0.05, 0) is 5.92 Å². The van der Waals surface area contributed by atoms with E-state index in [0.29, 0.717) is 0 Å². The minimum Gasteiger partial charge on any atom is -0.396 e. The van der Waals surface area contributed by atoms with Crippen molar-refractivity contribution in [2.75, 3.05) is 6.61 Å². The van der Waals surface area contributed by atoms with E-state index in [0.717, 1.165) is 6.92 Å². The van der Waals surface area contributed by atoms with Crippen LogP contribution in [0.2, 0.25) is 0 Å². The van der Waals surface area contributed by atoms with Gasteiger partial charge >= 0.3 is 6.18 Å². The highest BCUT2D eigenvalue weighted by atomic mass is 19.4. The molecule has 1 N–H and O–H groups in total. The molecule has 0 aliphatic heterocycles. The molecule has 0 unspecified atom stereocenters. The molecule has 0 amide bonds. The number of hydrogen-bond acceptors (Lipinski definition) is 1. The minimum absolute atomic E-state index is 0.416. The van der Waals surface area contributed by atoms with Crippen LogP contribution in [-0.2, 0) is 0 Å². The summed E-state index contributed by atoms with van der Waals surface area (Å²) in [4.78, 5) is 0. The summed E-state index contributed by atoms with van der Waals surface area (Å²) in [7, 11) is 0. The van der Waals surface area contributed by atoms with Gasteiger partial charge in [0.05, 0.1) is 5.92 Å². The molecule has 0 fully saturated rings. The summed E-state index contributed by atoms with van der Waals surface area (Å²) in [5.41, 5.74) is 0. The standard InChI is InChI=1S/C6H11F3O/c1-4(3-10)5(2)6(7,8)9/h4-5,10H,3H2,1-2H3/t4-,5-/m1/s1. The molecule has 0 spiro atoms. The highest BCUT2D eigenvalue weighted by molar-refractivity contribution is 4.67. The van der Waals surface area contributed by atoms with E-state index >= 15 is 0 Å². The van der Waals surface area contributed by atoms with Gasteiger partial charge in [0, 0.05) is 6.61 Å².